The molecule has 2 heterocycles. The van der Waals surface area contributed by atoms with Crippen molar-refractivity contribution in [2.75, 3.05) is 26.3 Å². The number of carboxylic acid groups (broad SMARTS) is 1. The van der Waals surface area contributed by atoms with E-state index >= 15 is 0 Å². The molecule has 0 radical (unpaired) electrons. The molecule has 2 aliphatic heterocycles. The molecule has 174 valence electrons. The average Bonchev–Trinajstić information content (AvgIpc) is 3.34. The molecule has 0 aromatic heterocycles. The highest BCUT2D eigenvalue weighted by atomic mass is 16.6. The van der Waals surface area contributed by atoms with E-state index in [0.717, 1.165) is 35.3 Å². The maximum Gasteiger partial charge on any atom is 0.412 e. The number of rotatable bonds is 4. The summed E-state index contributed by atoms with van der Waals surface area (Å²) in [5.74, 6) is -1.14. The molecule has 1 unspecified atom stereocenters. The molecular formula is C26H30N2O5. The lowest BCUT2D eigenvalue weighted by Gasteiger charge is -2.44. The second-order valence-electron chi connectivity index (χ2n) is 9.41. The van der Waals surface area contributed by atoms with Crippen LogP contribution in [-0.4, -0.2) is 71.1 Å². The molecular weight excluding hydrogens is 420 g/mol. The number of benzene rings is 2. The van der Waals surface area contributed by atoms with Gasteiger partial charge in [0.2, 0.25) is 0 Å². The molecule has 0 bridgehead atoms. The van der Waals surface area contributed by atoms with Crippen LogP contribution < -0.4 is 0 Å². The third-order valence-electron chi connectivity index (χ3n) is 7.39. The number of nitrogens with zero attached hydrogens (tertiary/aromatic N) is 2. The standard InChI is InChI=1S/C26H30N2O5/c1-17(2)27-13-11-26(12-14-27)28(23(16-33-26)24(29)30)25(31)32-15-22-20-9-5-3-7-18(20)19-8-4-6-10-21(19)22/h3-10,17,22-23H,11-16H2,1-2H3,(H,29,30). The second-order valence-corrected chi connectivity index (χ2v) is 9.41. The second kappa shape index (κ2) is 8.47. The van der Waals surface area contributed by atoms with Crippen LogP contribution in [0.5, 0.6) is 0 Å². The van der Waals surface area contributed by atoms with Gasteiger partial charge in [-0.05, 0) is 36.1 Å². The monoisotopic (exact) mass is 450 g/mol. The number of ether oxygens (including phenoxy) is 2. The predicted molar refractivity (Wildman–Crippen MR) is 123 cm³/mol. The molecule has 1 N–H and O–H groups in total. The molecule has 2 aromatic carbocycles. The van der Waals surface area contributed by atoms with E-state index in [1.54, 1.807) is 0 Å². The maximum atomic E-state index is 13.4. The van der Waals surface area contributed by atoms with Gasteiger partial charge in [0.15, 0.2) is 6.04 Å². The fourth-order valence-corrected chi connectivity index (χ4v) is 5.58. The molecule has 7 heteroatoms. The SMILES string of the molecule is CC(C)N1CCC2(CC1)OCC(C(=O)O)N2C(=O)OCC1c2ccccc2-c2ccccc21. The summed E-state index contributed by atoms with van der Waals surface area (Å²) in [5.41, 5.74) is 3.63. The first-order chi connectivity index (χ1) is 15.9. The average molecular weight is 451 g/mol. The minimum atomic E-state index is -1.06. The highest BCUT2D eigenvalue weighted by Gasteiger charge is 2.55. The number of hydrogen-bond donors (Lipinski definition) is 1. The van der Waals surface area contributed by atoms with Crippen molar-refractivity contribution in [3.05, 3.63) is 59.7 Å². The van der Waals surface area contributed by atoms with Crippen molar-refractivity contribution in [1.82, 2.24) is 9.80 Å². The van der Waals surface area contributed by atoms with Gasteiger partial charge < -0.3 is 19.5 Å². The smallest absolute Gasteiger partial charge is 0.412 e. The van der Waals surface area contributed by atoms with E-state index in [4.69, 9.17) is 9.47 Å². The third-order valence-corrected chi connectivity index (χ3v) is 7.39. The van der Waals surface area contributed by atoms with Gasteiger partial charge in [0.25, 0.3) is 0 Å². The number of amides is 1. The predicted octanol–water partition coefficient (Wildman–Crippen LogP) is 3.92. The van der Waals surface area contributed by atoms with Crippen LogP contribution in [0.15, 0.2) is 48.5 Å². The number of likely N-dealkylation sites (tertiary alicyclic amines) is 1. The van der Waals surface area contributed by atoms with E-state index in [9.17, 15) is 14.7 Å². The van der Waals surface area contributed by atoms with Crippen molar-refractivity contribution in [3.8, 4) is 11.1 Å². The lowest BCUT2D eigenvalue weighted by molar-refractivity contribution is -0.145. The third kappa shape index (κ3) is 3.69. The molecule has 33 heavy (non-hydrogen) atoms. The molecule has 7 nitrogen and oxygen atoms in total. The number of carboxylic acids is 1. The van der Waals surface area contributed by atoms with Crippen molar-refractivity contribution >= 4 is 12.1 Å². The van der Waals surface area contributed by atoms with Gasteiger partial charge in [0.05, 0.1) is 6.61 Å². The van der Waals surface area contributed by atoms with E-state index in [2.05, 4.69) is 43.0 Å². The van der Waals surface area contributed by atoms with E-state index in [1.165, 1.54) is 4.90 Å². The summed E-state index contributed by atoms with van der Waals surface area (Å²) in [5, 5.41) is 9.79. The van der Waals surface area contributed by atoms with Crippen LogP contribution in [0.3, 0.4) is 0 Å². The maximum absolute atomic E-state index is 13.4. The molecule has 1 atom stereocenters. The highest BCUT2D eigenvalue weighted by Crippen LogP contribution is 2.45. The Morgan fingerprint density at radius 2 is 1.64 bits per heavy atom. The van der Waals surface area contributed by atoms with Crippen molar-refractivity contribution in [2.45, 2.75) is 50.4 Å². The zero-order chi connectivity index (χ0) is 23.2. The highest BCUT2D eigenvalue weighted by molar-refractivity contribution is 5.82. The number of carbonyl (C=O) groups is 2. The molecule has 2 fully saturated rings. The molecule has 0 saturated carbocycles. The Hall–Kier alpha value is -2.90. The topological polar surface area (TPSA) is 79.3 Å². The fourth-order valence-electron chi connectivity index (χ4n) is 5.58. The number of fused-ring (bicyclic) bond motifs is 3. The quantitative estimate of drug-likeness (QED) is 0.761. The Bertz CT molecular complexity index is 1010. The van der Waals surface area contributed by atoms with Crippen molar-refractivity contribution in [3.63, 3.8) is 0 Å². The van der Waals surface area contributed by atoms with Crippen LogP contribution in [0.1, 0.15) is 43.7 Å². The van der Waals surface area contributed by atoms with E-state index < -0.39 is 23.8 Å². The van der Waals surface area contributed by atoms with E-state index in [-0.39, 0.29) is 19.1 Å². The summed E-state index contributed by atoms with van der Waals surface area (Å²) in [6.45, 7) is 5.91. The summed E-state index contributed by atoms with van der Waals surface area (Å²) in [6, 6.07) is 15.7. The van der Waals surface area contributed by atoms with Gasteiger partial charge in [-0.25, -0.2) is 9.59 Å². The van der Waals surface area contributed by atoms with Crippen molar-refractivity contribution < 1.29 is 24.2 Å². The summed E-state index contributed by atoms with van der Waals surface area (Å²) in [6.07, 6.45) is 0.526. The molecule has 1 amide bonds. The van der Waals surface area contributed by atoms with Crippen LogP contribution in [0.4, 0.5) is 4.79 Å². The van der Waals surface area contributed by atoms with Crippen molar-refractivity contribution in [1.29, 1.82) is 0 Å². The van der Waals surface area contributed by atoms with Crippen LogP contribution in [0.2, 0.25) is 0 Å². The van der Waals surface area contributed by atoms with Gasteiger partial charge in [-0.1, -0.05) is 48.5 Å². The van der Waals surface area contributed by atoms with Gasteiger partial charge in [0, 0.05) is 37.9 Å². The Labute approximate surface area is 193 Å². The molecule has 1 spiro atoms. The molecule has 3 aliphatic rings. The van der Waals surface area contributed by atoms with Gasteiger partial charge in [-0.15, -0.1) is 0 Å². The van der Waals surface area contributed by atoms with E-state index in [1.807, 2.05) is 24.3 Å². The fraction of sp³-hybridized carbons (Fsp3) is 0.462. The summed E-state index contributed by atoms with van der Waals surface area (Å²) < 4.78 is 11.9. The summed E-state index contributed by atoms with van der Waals surface area (Å²) in [4.78, 5) is 29.0. The Balaban J connectivity index is 1.36. The first-order valence-corrected chi connectivity index (χ1v) is 11.7. The number of hydrogen-bond acceptors (Lipinski definition) is 5. The van der Waals surface area contributed by atoms with Crippen LogP contribution in [-0.2, 0) is 14.3 Å². The Morgan fingerprint density at radius 3 is 2.18 bits per heavy atom. The minimum Gasteiger partial charge on any atom is -0.480 e. The molecule has 1 aliphatic carbocycles. The molecule has 5 rings (SSSR count). The number of carbonyl (C=O) groups excluding carboxylic acids is 1. The van der Waals surface area contributed by atoms with Gasteiger partial charge >= 0.3 is 12.1 Å². The number of aliphatic carboxylic acids is 1. The van der Waals surface area contributed by atoms with Crippen LogP contribution in [0.25, 0.3) is 11.1 Å². The minimum absolute atomic E-state index is 0.0127. The molecule has 2 aromatic rings. The summed E-state index contributed by atoms with van der Waals surface area (Å²) in [7, 11) is 0. The van der Waals surface area contributed by atoms with Crippen LogP contribution >= 0.6 is 0 Å². The summed E-state index contributed by atoms with van der Waals surface area (Å²) >= 11 is 0. The number of piperidine rings is 1. The lowest BCUT2D eigenvalue weighted by Crippen LogP contribution is -2.59. The molecule has 2 saturated heterocycles. The Morgan fingerprint density at radius 1 is 1.06 bits per heavy atom. The van der Waals surface area contributed by atoms with E-state index in [0.29, 0.717) is 18.9 Å². The zero-order valence-electron chi connectivity index (χ0n) is 19.1. The zero-order valence-corrected chi connectivity index (χ0v) is 19.1. The van der Waals surface area contributed by atoms with Gasteiger partial charge in [0.1, 0.15) is 12.3 Å². The lowest BCUT2D eigenvalue weighted by atomic mass is 9.97. The van der Waals surface area contributed by atoms with Gasteiger partial charge in [-0.3, -0.25) is 4.90 Å². The Kier molecular flexibility index (Phi) is 5.62. The largest absolute Gasteiger partial charge is 0.480 e. The normalized spacial score (nSPS) is 21.9. The van der Waals surface area contributed by atoms with Crippen LogP contribution in [0, 0.1) is 0 Å². The van der Waals surface area contributed by atoms with Crippen molar-refractivity contribution in [2.24, 2.45) is 0 Å². The first-order valence-electron chi connectivity index (χ1n) is 11.7. The van der Waals surface area contributed by atoms with Gasteiger partial charge in [-0.2, -0.15) is 0 Å². The first kappa shape index (κ1) is 21.9.